The largest absolute Gasteiger partial charge is 0.325 e. The summed E-state index contributed by atoms with van der Waals surface area (Å²) in [4.78, 5) is 11.3. The maximum absolute atomic E-state index is 4.57. The second-order valence-electron chi connectivity index (χ2n) is 5.28. The van der Waals surface area contributed by atoms with Gasteiger partial charge in [-0.3, -0.25) is 4.98 Å². The Morgan fingerprint density at radius 1 is 1.25 bits per heavy atom. The van der Waals surface area contributed by atoms with Gasteiger partial charge in [-0.2, -0.15) is 0 Å². The molecule has 0 atom stereocenters. The van der Waals surface area contributed by atoms with Crippen LogP contribution in [0.1, 0.15) is 23.2 Å². The van der Waals surface area contributed by atoms with Gasteiger partial charge < -0.3 is 10.2 Å². The van der Waals surface area contributed by atoms with Gasteiger partial charge in [-0.05, 0) is 38.4 Å². The molecule has 1 N–H and O–H groups in total. The SMILES string of the molecule is CNCc1cnc(N2CCCc3cc(C)ccc32)cn1. The first-order valence-electron chi connectivity index (χ1n) is 7.10. The average molecular weight is 268 g/mol. The zero-order valence-corrected chi connectivity index (χ0v) is 12.1. The standard InChI is InChI=1S/C16H20N4/c1-12-5-6-15-13(8-12)4-3-7-20(15)16-11-18-14(9-17-2)10-19-16/h5-6,8,10-11,17H,3-4,7,9H2,1-2H3. The Balaban J connectivity index is 1.92. The predicted molar refractivity (Wildman–Crippen MR) is 81.3 cm³/mol. The van der Waals surface area contributed by atoms with E-state index in [1.54, 1.807) is 0 Å². The van der Waals surface area contributed by atoms with E-state index >= 15 is 0 Å². The lowest BCUT2D eigenvalue weighted by Crippen LogP contribution is -2.25. The highest BCUT2D eigenvalue weighted by molar-refractivity contribution is 5.65. The molecule has 1 aromatic heterocycles. The maximum Gasteiger partial charge on any atom is 0.151 e. The molecule has 0 bridgehead atoms. The van der Waals surface area contributed by atoms with E-state index in [0.29, 0.717) is 0 Å². The Hall–Kier alpha value is -1.94. The molecule has 0 unspecified atom stereocenters. The molecule has 104 valence electrons. The minimum absolute atomic E-state index is 0.753. The fourth-order valence-electron chi connectivity index (χ4n) is 2.72. The highest BCUT2D eigenvalue weighted by Crippen LogP contribution is 2.32. The molecule has 4 heteroatoms. The van der Waals surface area contributed by atoms with Crippen molar-refractivity contribution in [2.75, 3.05) is 18.5 Å². The molecule has 0 saturated carbocycles. The minimum Gasteiger partial charge on any atom is -0.325 e. The van der Waals surface area contributed by atoms with Crippen LogP contribution in [0.25, 0.3) is 0 Å². The summed E-state index contributed by atoms with van der Waals surface area (Å²) >= 11 is 0. The molecule has 2 aromatic rings. The van der Waals surface area contributed by atoms with E-state index in [-0.39, 0.29) is 0 Å². The Bertz CT molecular complexity index is 592. The molecule has 0 spiro atoms. The van der Waals surface area contributed by atoms with Crippen molar-refractivity contribution in [2.24, 2.45) is 0 Å². The average Bonchev–Trinajstić information content (AvgIpc) is 2.47. The molecule has 0 amide bonds. The predicted octanol–water partition coefficient (Wildman–Crippen LogP) is 2.59. The zero-order chi connectivity index (χ0) is 13.9. The number of fused-ring (bicyclic) bond motifs is 1. The van der Waals surface area contributed by atoms with Crippen LogP contribution in [0.2, 0.25) is 0 Å². The lowest BCUT2D eigenvalue weighted by atomic mass is 10.00. The van der Waals surface area contributed by atoms with Crippen molar-refractivity contribution >= 4 is 11.5 Å². The smallest absolute Gasteiger partial charge is 0.151 e. The lowest BCUT2D eigenvalue weighted by molar-refractivity contribution is 0.749. The number of nitrogens with one attached hydrogen (secondary N) is 1. The number of benzene rings is 1. The van der Waals surface area contributed by atoms with Crippen molar-refractivity contribution in [1.82, 2.24) is 15.3 Å². The normalized spacial score (nSPS) is 14.2. The molecule has 20 heavy (non-hydrogen) atoms. The van der Waals surface area contributed by atoms with Gasteiger partial charge in [0, 0.05) is 18.8 Å². The van der Waals surface area contributed by atoms with Gasteiger partial charge in [0.2, 0.25) is 0 Å². The second-order valence-corrected chi connectivity index (χ2v) is 5.28. The molecular formula is C16H20N4. The first-order valence-corrected chi connectivity index (χ1v) is 7.10. The van der Waals surface area contributed by atoms with Crippen LogP contribution in [0, 0.1) is 6.92 Å². The third-order valence-corrected chi connectivity index (χ3v) is 3.68. The molecule has 1 aliphatic rings. The Labute approximate surface area is 119 Å². The lowest BCUT2D eigenvalue weighted by Gasteiger charge is -2.30. The highest BCUT2D eigenvalue weighted by Gasteiger charge is 2.19. The van der Waals surface area contributed by atoms with Crippen molar-refractivity contribution < 1.29 is 0 Å². The molecular weight excluding hydrogens is 248 g/mol. The number of hydrogen-bond acceptors (Lipinski definition) is 4. The molecule has 4 nitrogen and oxygen atoms in total. The number of aromatic nitrogens is 2. The van der Waals surface area contributed by atoms with Crippen molar-refractivity contribution in [3.8, 4) is 0 Å². The molecule has 2 heterocycles. The topological polar surface area (TPSA) is 41.1 Å². The third kappa shape index (κ3) is 2.51. The van der Waals surface area contributed by atoms with E-state index in [9.17, 15) is 0 Å². The van der Waals surface area contributed by atoms with Gasteiger partial charge in [-0.1, -0.05) is 17.7 Å². The third-order valence-electron chi connectivity index (χ3n) is 3.68. The van der Waals surface area contributed by atoms with Gasteiger partial charge in [0.05, 0.1) is 18.1 Å². The number of anilines is 2. The molecule has 0 aliphatic carbocycles. The van der Waals surface area contributed by atoms with E-state index in [4.69, 9.17) is 0 Å². The Morgan fingerprint density at radius 2 is 2.15 bits per heavy atom. The summed E-state index contributed by atoms with van der Waals surface area (Å²) in [6.07, 6.45) is 6.05. The van der Waals surface area contributed by atoms with Crippen LogP contribution >= 0.6 is 0 Å². The van der Waals surface area contributed by atoms with Gasteiger partial charge in [-0.25, -0.2) is 4.98 Å². The molecule has 3 rings (SSSR count). The van der Waals surface area contributed by atoms with Gasteiger partial charge in [0.15, 0.2) is 5.82 Å². The number of aryl methyl sites for hydroxylation is 2. The van der Waals surface area contributed by atoms with Crippen LogP contribution in [0.5, 0.6) is 0 Å². The van der Waals surface area contributed by atoms with Gasteiger partial charge in [-0.15, -0.1) is 0 Å². The van der Waals surface area contributed by atoms with Gasteiger partial charge in [0.1, 0.15) is 0 Å². The van der Waals surface area contributed by atoms with Crippen molar-refractivity contribution in [1.29, 1.82) is 0 Å². The summed E-state index contributed by atoms with van der Waals surface area (Å²) in [6.45, 7) is 3.91. The molecule has 0 radical (unpaired) electrons. The van der Waals surface area contributed by atoms with Crippen molar-refractivity contribution in [3.05, 3.63) is 47.4 Å². The van der Waals surface area contributed by atoms with E-state index in [1.165, 1.54) is 16.8 Å². The number of nitrogens with zero attached hydrogens (tertiary/aromatic N) is 3. The van der Waals surface area contributed by atoms with Crippen LogP contribution in [-0.2, 0) is 13.0 Å². The zero-order valence-electron chi connectivity index (χ0n) is 12.1. The van der Waals surface area contributed by atoms with Crippen molar-refractivity contribution in [2.45, 2.75) is 26.3 Å². The maximum atomic E-state index is 4.57. The van der Waals surface area contributed by atoms with Crippen LogP contribution in [0.4, 0.5) is 11.5 Å². The quantitative estimate of drug-likeness (QED) is 0.929. The first kappa shape index (κ1) is 13.1. The number of rotatable bonds is 3. The Morgan fingerprint density at radius 3 is 2.90 bits per heavy atom. The first-order chi connectivity index (χ1) is 9.78. The molecule has 1 aromatic carbocycles. The van der Waals surface area contributed by atoms with E-state index in [0.717, 1.165) is 37.4 Å². The summed E-state index contributed by atoms with van der Waals surface area (Å²) < 4.78 is 0. The van der Waals surface area contributed by atoms with Gasteiger partial charge >= 0.3 is 0 Å². The molecule has 0 saturated heterocycles. The highest BCUT2D eigenvalue weighted by atomic mass is 15.2. The second kappa shape index (κ2) is 5.59. The van der Waals surface area contributed by atoms with Crippen LogP contribution in [-0.4, -0.2) is 23.6 Å². The summed E-state index contributed by atoms with van der Waals surface area (Å²) in [7, 11) is 1.92. The summed E-state index contributed by atoms with van der Waals surface area (Å²) in [5, 5.41) is 3.09. The van der Waals surface area contributed by atoms with E-state index < -0.39 is 0 Å². The van der Waals surface area contributed by atoms with Gasteiger partial charge in [0.25, 0.3) is 0 Å². The van der Waals surface area contributed by atoms with Crippen molar-refractivity contribution in [3.63, 3.8) is 0 Å². The molecule has 1 aliphatic heterocycles. The Kier molecular flexibility index (Phi) is 3.65. The van der Waals surface area contributed by atoms with E-state index in [1.807, 2.05) is 19.4 Å². The summed E-state index contributed by atoms with van der Waals surface area (Å²) in [6, 6.07) is 6.65. The van der Waals surface area contributed by atoms with Crippen LogP contribution in [0.15, 0.2) is 30.6 Å². The summed E-state index contributed by atoms with van der Waals surface area (Å²) in [5.74, 6) is 0.939. The fourth-order valence-corrected chi connectivity index (χ4v) is 2.72. The minimum atomic E-state index is 0.753. The monoisotopic (exact) mass is 268 g/mol. The number of hydrogen-bond donors (Lipinski definition) is 1. The fraction of sp³-hybridized carbons (Fsp3) is 0.375. The summed E-state index contributed by atoms with van der Waals surface area (Å²) in [5.41, 5.74) is 4.98. The van der Waals surface area contributed by atoms with E-state index in [2.05, 4.69) is 45.3 Å². The molecule has 0 fully saturated rings. The van der Waals surface area contributed by atoms with Crippen LogP contribution in [0.3, 0.4) is 0 Å². The van der Waals surface area contributed by atoms with Crippen LogP contribution < -0.4 is 10.2 Å².